The van der Waals surface area contributed by atoms with E-state index in [-0.39, 0.29) is 24.8 Å². The summed E-state index contributed by atoms with van der Waals surface area (Å²) in [6, 6.07) is 9.05. The van der Waals surface area contributed by atoms with Gasteiger partial charge in [0.05, 0.1) is 6.54 Å². The van der Waals surface area contributed by atoms with Crippen LogP contribution in [0.15, 0.2) is 36.4 Å². The molecule has 0 aromatic heterocycles. The second kappa shape index (κ2) is 9.01. The van der Waals surface area contributed by atoms with Crippen molar-refractivity contribution in [2.45, 2.75) is 44.3 Å². The van der Waals surface area contributed by atoms with Crippen molar-refractivity contribution >= 4 is 17.5 Å². The van der Waals surface area contributed by atoms with Crippen LogP contribution in [-0.4, -0.2) is 47.1 Å². The smallest absolute Gasteiger partial charge is 0.224 e. The van der Waals surface area contributed by atoms with Gasteiger partial charge in [-0.25, -0.2) is 8.78 Å². The number of rotatable bonds is 5. The van der Waals surface area contributed by atoms with Gasteiger partial charge in [0.15, 0.2) is 11.6 Å². The molecule has 2 aromatic rings. The Morgan fingerprint density at radius 2 is 2.00 bits per heavy atom. The summed E-state index contributed by atoms with van der Waals surface area (Å²) in [6.45, 7) is 0.599. The van der Waals surface area contributed by atoms with Gasteiger partial charge in [-0.1, -0.05) is 6.07 Å². The summed E-state index contributed by atoms with van der Waals surface area (Å²) in [7, 11) is 0. The monoisotopic (exact) mass is 430 g/mol. The Bertz CT molecular complexity index is 998. The van der Waals surface area contributed by atoms with E-state index in [9.17, 15) is 23.5 Å². The van der Waals surface area contributed by atoms with Gasteiger partial charge in [-0.2, -0.15) is 0 Å². The van der Waals surface area contributed by atoms with Gasteiger partial charge < -0.3 is 20.1 Å². The molecule has 1 saturated heterocycles. The first-order valence-corrected chi connectivity index (χ1v) is 10.4. The highest BCUT2D eigenvalue weighted by Gasteiger charge is 2.31. The lowest BCUT2D eigenvalue weighted by Gasteiger charge is -2.36. The van der Waals surface area contributed by atoms with Crippen LogP contribution in [0.4, 0.5) is 14.5 Å². The van der Waals surface area contributed by atoms with E-state index in [4.69, 9.17) is 4.74 Å². The van der Waals surface area contributed by atoms with E-state index in [1.807, 2.05) is 6.07 Å². The predicted octanol–water partition coefficient (Wildman–Crippen LogP) is 2.82. The van der Waals surface area contributed by atoms with Crippen LogP contribution in [0, 0.1) is 11.6 Å². The van der Waals surface area contributed by atoms with Gasteiger partial charge in [0, 0.05) is 31.5 Å². The van der Waals surface area contributed by atoms with Gasteiger partial charge in [0.1, 0.15) is 18.0 Å². The van der Waals surface area contributed by atoms with Crippen LogP contribution in [-0.2, 0) is 22.4 Å². The lowest BCUT2D eigenvalue weighted by atomic mass is 10.0. The molecule has 164 valence electrons. The summed E-state index contributed by atoms with van der Waals surface area (Å²) in [5.41, 5.74) is 2.33. The quantitative estimate of drug-likeness (QED) is 0.765. The summed E-state index contributed by atoms with van der Waals surface area (Å²) in [6.07, 6.45) is 0.735. The van der Waals surface area contributed by atoms with Crippen molar-refractivity contribution < 1.29 is 28.2 Å². The van der Waals surface area contributed by atoms with Crippen LogP contribution in [0.1, 0.15) is 30.4 Å². The topological polar surface area (TPSA) is 78.9 Å². The predicted molar refractivity (Wildman–Crippen MR) is 110 cm³/mol. The average Bonchev–Trinajstić information content (AvgIpc) is 2.76. The molecule has 2 amide bonds. The molecule has 0 radical (unpaired) electrons. The lowest BCUT2D eigenvalue weighted by molar-refractivity contribution is -0.137. The third-order valence-electron chi connectivity index (χ3n) is 5.74. The van der Waals surface area contributed by atoms with E-state index in [0.29, 0.717) is 43.5 Å². The maximum atomic E-state index is 13.3. The average molecular weight is 430 g/mol. The van der Waals surface area contributed by atoms with Gasteiger partial charge >= 0.3 is 0 Å². The molecule has 1 fully saturated rings. The number of carbonyl (C=O) groups is 2. The van der Waals surface area contributed by atoms with Gasteiger partial charge in [0.2, 0.25) is 11.8 Å². The van der Waals surface area contributed by atoms with Crippen LogP contribution in [0.3, 0.4) is 0 Å². The summed E-state index contributed by atoms with van der Waals surface area (Å²) in [5.74, 6) is -1.37. The van der Waals surface area contributed by atoms with E-state index in [2.05, 4.69) is 5.32 Å². The number of fused-ring (bicyclic) bond motifs is 1. The fourth-order valence-electron chi connectivity index (χ4n) is 3.99. The SMILES string of the molecule is O=C1CCc2cc(O[C@@H]3CCN(C(=O)CCc4ccc(F)c(F)c4)C[C@H]3O)ccc2N1. The number of halogens is 2. The van der Waals surface area contributed by atoms with Gasteiger partial charge in [-0.3, -0.25) is 9.59 Å². The molecule has 0 spiro atoms. The molecule has 0 saturated carbocycles. The molecule has 0 bridgehead atoms. The number of piperidine rings is 1. The maximum absolute atomic E-state index is 13.3. The number of hydrogen-bond acceptors (Lipinski definition) is 4. The molecule has 0 unspecified atom stereocenters. The number of ether oxygens (including phenoxy) is 1. The van der Waals surface area contributed by atoms with Gasteiger partial charge in [-0.15, -0.1) is 0 Å². The zero-order valence-electron chi connectivity index (χ0n) is 16.9. The molecule has 8 heteroatoms. The summed E-state index contributed by atoms with van der Waals surface area (Å²) < 4.78 is 32.3. The van der Waals surface area contributed by atoms with Crippen molar-refractivity contribution in [2.24, 2.45) is 0 Å². The summed E-state index contributed by atoms with van der Waals surface area (Å²) in [5, 5.41) is 13.3. The van der Waals surface area contributed by atoms with Crippen LogP contribution in [0.2, 0.25) is 0 Å². The summed E-state index contributed by atoms with van der Waals surface area (Å²) in [4.78, 5) is 25.5. The number of aliphatic hydroxyl groups excluding tert-OH is 1. The minimum absolute atomic E-state index is 0.00167. The number of β-amino-alcohol motifs (C(OH)–C–C–N with tert-alkyl or cyclic N) is 1. The Kier molecular flexibility index (Phi) is 6.18. The van der Waals surface area contributed by atoms with Crippen molar-refractivity contribution in [1.82, 2.24) is 4.90 Å². The number of aliphatic hydroxyl groups is 1. The molecule has 6 nitrogen and oxygen atoms in total. The lowest BCUT2D eigenvalue weighted by Crippen LogP contribution is -2.51. The Morgan fingerprint density at radius 3 is 2.77 bits per heavy atom. The number of anilines is 1. The van der Waals surface area contributed by atoms with Crippen LogP contribution in [0.5, 0.6) is 5.75 Å². The second-order valence-electron chi connectivity index (χ2n) is 7.97. The summed E-state index contributed by atoms with van der Waals surface area (Å²) >= 11 is 0. The van der Waals surface area contributed by atoms with Crippen molar-refractivity contribution in [3.63, 3.8) is 0 Å². The zero-order chi connectivity index (χ0) is 22.0. The third-order valence-corrected chi connectivity index (χ3v) is 5.74. The fourth-order valence-corrected chi connectivity index (χ4v) is 3.99. The highest BCUT2D eigenvalue weighted by molar-refractivity contribution is 5.94. The molecular weight excluding hydrogens is 406 g/mol. The number of nitrogens with zero attached hydrogens (tertiary/aromatic N) is 1. The van der Waals surface area contributed by atoms with Crippen molar-refractivity contribution in [3.8, 4) is 5.75 Å². The fraction of sp³-hybridized carbons (Fsp3) is 0.391. The minimum Gasteiger partial charge on any atom is -0.488 e. The molecule has 2 aliphatic rings. The Balaban J connectivity index is 1.29. The van der Waals surface area contributed by atoms with Gasteiger partial charge in [0.25, 0.3) is 0 Å². The number of carbonyl (C=O) groups excluding carboxylic acids is 2. The van der Waals surface area contributed by atoms with E-state index < -0.39 is 23.8 Å². The Labute approximate surface area is 178 Å². The second-order valence-corrected chi connectivity index (χ2v) is 7.97. The highest BCUT2D eigenvalue weighted by atomic mass is 19.2. The van der Waals surface area contributed by atoms with E-state index >= 15 is 0 Å². The van der Waals surface area contributed by atoms with Gasteiger partial charge in [-0.05, 0) is 54.3 Å². The molecule has 2 aromatic carbocycles. The number of aryl methyl sites for hydroxylation is 2. The number of hydrogen-bond donors (Lipinski definition) is 2. The maximum Gasteiger partial charge on any atom is 0.224 e. The third kappa shape index (κ3) is 5.02. The first-order valence-electron chi connectivity index (χ1n) is 10.4. The largest absolute Gasteiger partial charge is 0.488 e. The van der Waals surface area contributed by atoms with E-state index in [1.165, 1.54) is 6.07 Å². The molecule has 2 aliphatic heterocycles. The number of nitrogens with one attached hydrogen (secondary N) is 1. The first kappa shape index (κ1) is 21.2. The minimum atomic E-state index is -0.928. The first-order chi connectivity index (χ1) is 14.9. The molecule has 31 heavy (non-hydrogen) atoms. The number of benzene rings is 2. The molecule has 2 heterocycles. The zero-order valence-corrected chi connectivity index (χ0v) is 16.9. The van der Waals surface area contributed by atoms with Crippen molar-refractivity contribution in [3.05, 3.63) is 59.2 Å². The van der Waals surface area contributed by atoms with E-state index in [1.54, 1.807) is 17.0 Å². The van der Waals surface area contributed by atoms with Crippen LogP contribution < -0.4 is 10.1 Å². The van der Waals surface area contributed by atoms with Crippen LogP contribution >= 0.6 is 0 Å². The molecule has 0 aliphatic carbocycles. The van der Waals surface area contributed by atoms with Crippen LogP contribution in [0.25, 0.3) is 0 Å². The molecular formula is C23H24F2N2O4. The number of likely N-dealkylation sites (tertiary alicyclic amines) is 1. The molecule has 4 rings (SSSR count). The standard InChI is InChI=1S/C23H24F2N2O4/c24-17-5-1-14(11-18(17)25)2-8-23(30)27-10-9-21(20(28)13-27)31-16-4-6-19-15(12-16)3-7-22(29)26-19/h1,4-6,11-12,20-21,28H,2-3,7-10,13H2,(H,26,29)/t20-,21-/m1/s1. The normalized spacial score (nSPS) is 20.7. The Hall–Kier alpha value is -3.00. The van der Waals surface area contributed by atoms with Crippen molar-refractivity contribution in [2.75, 3.05) is 18.4 Å². The van der Waals surface area contributed by atoms with Crippen molar-refractivity contribution in [1.29, 1.82) is 0 Å². The highest BCUT2D eigenvalue weighted by Crippen LogP contribution is 2.28. The molecule has 2 atom stereocenters. The molecule has 2 N–H and O–H groups in total. The van der Waals surface area contributed by atoms with E-state index in [0.717, 1.165) is 23.4 Å². The Morgan fingerprint density at radius 1 is 1.16 bits per heavy atom. The number of amides is 2.